The van der Waals surface area contributed by atoms with Gasteiger partial charge in [0.25, 0.3) is 6.43 Å². The first kappa shape index (κ1) is 11.0. The minimum atomic E-state index is -2.73. The van der Waals surface area contributed by atoms with Gasteiger partial charge in [-0.25, -0.2) is 8.78 Å². The fourth-order valence-corrected chi connectivity index (χ4v) is 1.56. The van der Waals surface area contributed by atoms with Crippen molar-refractivity contribution in [2.45, 2.75) is 6.43 Å². The highest BCUT2D eigenvalue weighted by Gasteiger charge is 2.19. The molecule has 9 heteroatoms. The quantitative estimate of drug-likeness (QED) is 0.716. The zero-order valence-corrected chi connectivity index (χ0v) is 9.34. The van der Waals surface area contributed by atoms with Crippen LogP contribution in [0.25, 0.3) is 17.2 Å². The van der Waals surface area contributed by atoms with E-state index in [0.29, 0.717) is 5.65 Å². The lowest BCUT2D eigenvalue weighted by molar-refractivity contribution is 0.112. The predicted octanol–water partition coefficient (Wildman–Crippen LogP) is 2.37. The van der Waals surface area contributed by atoms with Crippen LogP contribution in [0.1, 0.15) is 12.2 Å². The molecule has 6 nitrogen and oxygen atoms in total. The Kier molecular flexibility index (Phi) is 2.44. The highest BCUT2D eigenvalue weighted by Crippen LogP contribution is 2.24. The van der Waals surface area contributed by atoms with Gasteiger partial charge in [0.2, 0.25) is 11.6 Å². The van der Waals surface area contributed by atoms with E-state index in [4.69, 9.17) is 11.6 Å². The molecule has 0 bridgehead atoms. The van der Waals surface area contributed by atoms with Crippen molar-refractivity contribution in [3.8, 4) is 11.5 Å². The van der Waals surface area contributed by atoms with Crippen LogP contribution in [0.4, 0.5) is 8.78 Å². The first-order valence-corrected chi connectivity index (χ1v) is 5.16. The van der Waals surface area contributed by atoms with Gasteiger partial charge in [0, 0.05) is 6.07 Å². The van der Waals surface area contributed by atoms with E-state index in [0.717, 1.165) is 6.07 Å². The van der Waals surface area contributed by atoms with E-state index in [9.17, 15) is 8.78 Å². The van der Waals surface area contributed by atoms with Gasteiger partial charge in [-0.15, -0.1) is 10.2 Å². The van der Waals surface area contributed by atoms with E-state index in [-0.39, 0.29) is 16.7 Å². The molecular weight excluding hydrogens is 268 g/mol. The van der Waals surface area contributed by atoms with Crippen LogP contribution in [-0.4, -0.2) is 25.0 Å². The zero-order chi connectivity index (χ0) is 12.7. The lowest BCUT2D eigenvalue weighted by atomic mass is 10.3. The van der Waals surface area contributed by atoms with Crippen molar-refractivity contribution >= 4 is 17.2 Å². The van der Waals surface area contributed by atoms with Crippen molar-refractivity contribution in [3.05, 3.63) is 29.1 Å². The van der Waals surface area contributed by atoms with Crippen LogP contribution in [0.15, 0.2) is 22.7 Å². The lowest BCUT2D eigenvalue weighted by Crippen LogP contribution is -1.94. The number of hydrogen-bond acceptors (Lipinski definition) is 5. The fourth-order valence-electron chi connectivity index (χ4n) is 1.42. The van der Waals surface area contributed by atoms with Gasteiger partial charge in [-0.3, -0.25) is 0 Å². The van der Waals surface area contributed by atoms with Crippen LogP contribution in [0.5, 0.6) is 0 Å². The van der Waals surface area contributed by atoms with Crippen LogP contribution < -0.4 is 0 Å². The van der Waals surface area contributed by atoms with Gasteiger partial charge >= 0.3 is 0 Å². The molecule has 0 aromatic carbocycles. The maximum atomic E-state index is 12.4. The van der Waals surface area contributed by atoms with Gasteiger partial charge in [-0.05, 0) is 12.1 Å². The molecule has 3 heterocycles. The molecule has 0 radical (unpaired) electrons. The van der Waals surface area contributed by atoms with Gasteiger partial charge < -0.3 is 4.52 Å². The molecule has 0 fully saturated rings. The van der Waals surface area contributed by atoms with Crippen molar-refractivity contribution in [3.63, 3.8) is 0 Å². The minimum Gasteiger partial charge on any atom is -0.354 e. The van der Waals surface area contributed by atoms with Crippen LogP contribution >= 0.6 is 11.6 Å². The highest BCUT2D eigenvalue weighted by atomic mass is 35.5. The van der Waals surface area contributed by atoms with Crippen molar-refractivity contribution in [1.82, 2.24) is 25.0 Å². The summed E-state index contributed by atoms with van der Waals surface area (Å²) in [6.45, 7) is 0. The van der Waals surface area contributed by atoms with Crippen molar-refractivity contribution in [1.29, 1.82) is 0 Å². The van der Waals surface area contributed by atoms with Crippen LogP contribution in [0, 0.1) is 0 Å². The van der Waals surface area contributed by atoms with Gasteiger partial charge in [-0.1, -0.05) is 16.8 Å². The fraction of sp³-hybridized carbons (Fsp3) is 0.111. The maximum Gasteiger partial charge on any atom is 0.298 e. The highest BCUT2D eigenvalue weighted by molar-refractivity contribution is 6.29. The lowest BCUT2D eigenvalue weighted by Gasteiger charge is -1.94. The second-order valence-electron chi connectivity index (χ2n) is 3.36. The third-order valence-electron chi connectivity index (χ3n) is 2.20. The number of hydrogen-bond donors (Lipinski definition) is 0. The second kappa shape index (κ2) is 3.98. The summed E-state index contributed by atoms with van der Waals surface area (Å²) in [5, 5.41) is 15.3. The van der Waals surface area contributed by atoms with E-state index in [1.807, 2.05) is 0 Å². The van der Waals surface area contributed by atoms with E-state index in [1.54, 1.807) is 12.1 Å². The Bertz CT molecular complexity index is 710. The average molecular weight is 272 g/mol. The third kappa shape index (κ3) is 1.70. The van der Waals surface area contributed by atoms with Crippen molar-refractivity contribution < 1.29 is 13.3 Å². The smallest absolute Gasteiger partial charge is 0.298 e. The van der Waals surface area contributed by atoms with Crippen LogP contribution in [0.2, 0.25) is 5.15 Å². The summed E-state index contributed by atoms with van der Waals surface area (Å²) in [5.74, 6) is -0.355. The molecule has 0 unspecified atom stereocenters. The molecule has 0 N–H and O–H groups in total. The molecule has 92 valence electrons. The standard InChI is InChI=1S/C9H4ClF2N5O/c10-6-1-2-7-13-14-9(17(7)15-6)4-3-5(8(11)12)18-16-4/h1-3,8H. The number of aromatic nitrogens is 5. The maximum absolute atomic E-state index is 12.4. The average Bonchev–Trinajstić information content (AvgIpc) is 2.93. The van der Waals surface area contributed by atoms with E-state index < -0.39 is 12.2 Å². The summed E-state index contributed by atoms with van der Waals surface area (Å²) in [5.41, 5.74) is 0.545. The Balaban J connectivity index is 2.15. The second-order valence-corrected chi connectivity index (χ2v) is 3.75. The summed E-state index contributed by atoms with van der Waals surface area (Å²) in [6, 6.07) is 4.23. The van der Waals surface area contributed by atoms with Gasteiger partial charge in [0.05, 0.1) is 0 Å². The third-order valence-corrected chi connectivity index (χ3v) is 2.40. The Morgan fingerprint density at radius 3 is 2.83 bits per heavy atom. The first-order valence-electron chi connectivity index (χ1n) is 4.78. The van der Waals surface area contributed by atoms with Crippen LogP contribution in [-0.2, 0) is 0 Å². The number of alkyl halides is 2. The topological polar surface area (TPSA) is 69.1 Å². The van der Waals surface area contributed by atoms with E-state index in [2.05, 4.69) is 25.0 Å². The summed E-state index contributed by atoms with van der Waals surface area (Å²) in [4.78, 5) is 0. The van der Waals surface area contributed by atoms with E-state index >= 15 is 0 Å². The first-order chi connectivity index (χ1) is 8.65. The molecule has 0 atom stereocenters. The molecule has 0 aliphatic heterocycles. The number of halogens is 3. The molecule has 3 aromatic rings. The van der Waals surface area contributed by atoms with Gasteiger partial charge in [0.15, 0.2) is 11.3 Å². The number of rotatable bonds is 2. The number of fused-ring (bicyclic) bond motifs is 1. The largest absolute Gasteiger partial charge is 0.354 e. The summed E-state index contributed by atoms with van der Waals surface area (Å²) < 4.78 is 30.6. The summed E-state index contributed by atoms with van der Waals surface area (Å²) in [7, 11) is 0. The SMILES string of the molecule is FC(F)c1cc(-c2nnc3ccc(Cl)nn23)no1. The Morgan fingerprint density at radius 1 is 1.28 bits per heavy atom. The van der Waals surface area contributed by atoms with Crippen molar-refractivity contribution in [2.24, 2.45) is 0 Å². The molecular formula is C9H4ClF2N5O. The molecule has 3 rings (SSSR count). The Morgan fingerprint density at radius 2 is 2.11 bits per heavy atom. The molecule has 3 aromatic heterocycles. The molecule has 0 aliphatic rings. The zero-order valence-electron chi connectivity index (χ0n) is 8.59. The van der Waals surface area contributed by atoms with E-state index in [1.165, 1.54) is 4.52 Å². The Hall–Kier alpha value is -2.09. The minimum absolute atomic E-state index is 0.118. The van der Waals surface area contributed by atoms with Gasteiger partial charge in [-0.2, -0.15) is 9.61 Å². The molecule has 0 amide bonds. The molecule has 0 aliphatic carbocycles. The number of nitrogens with zero attached hydrogens (tertiary/aromatic N) is 5. The van der Waals surface area contributed by atoms with Gasteiger partial charge in [0.1, 0.15) is 5.15 Å². The summed E-state index contributed by atoms with van der Waals surface area (Å²) in [6.07, 6.45) is -2.73. The monoisotopic (exact) mass is 271 g/mol. The molecule has 0 saturated heterocycles. The van der Waals surface area contributed by atoms with Crippen molar-refractivity contribution in [2.75, 3.05) is 0 Å². The Labute approximate surface area is 103 Å². The normalized spacial score (nSPS) is 11.6. The molecule has 0 saturated carbocycles. The molecule has 18 heavy (non-hydrogen) atoms. The summed E-state index contributed by atoms with van der Waals surface area (Å²) >= 11 is 5.74. The molecule has 0 spiro atoms. The predicted molar refractivity (Wildman–Crippen MR) is 56.2 cm³/mol. The van der Waals surface area contributed by atoms with Crippen LogP contribution in [0.3, 0.4) is 0 Å².